The lowest BCUT2D eigenvalue weighted by molar-refractivity contribution is 1.23. The van der Waals surface area contributed by atoms with Gasteiger partial charge in [0.25, 0.3) is 0 Å². The van der Waals surface area contributed by atoms with E-state index in [2.05, 4.69) is 68.1 Å². The number of rotatable bonds is 1. The minimum Gasteiger partial charge on any atom is -0.290 e. The van der Waals surface area contributed by atoms with Gasteiger partial charge in [0.15, 0.2) is 4.96 Å². The van der Waals surface area contributed by atoms with Crippen molar-refractivity contribution >= 4 is 32.2 Å². The first-order chi connectivity index (χ1) is 7.75. The standard InChI is InChI=1S/C12H9BrN2S/c1-8-11(9-2-4-10(13)5-3-9)15-6-7-16-12(15)14-8/h2-7H,1H3. The van der Waals surface area contributed by atoms with Crippen LogP contribution in [0, 0.1) is 6.92 Å². The van der Waals surface area contributed by atoms with E-state index in [9.17, 15) is 0 Å². The first-order valence-electron chi connectivity index (χ1n) is 4.94. The van der Waals surface area contributed by atoms with Crippen molar-refractivity contribution in [2.75, 3.05) is 0 Å². The van der Waals surface area contributed by atoms with Crippen molar-refractivity contribution in [3.05, 3.63) is 46.0 Å². The summed E-state index contributed by atoms with van der Waals surface area (Å²) in [4.78, 5) is 5.59. The smallest absolute Gasteiger partial charge is 0.194 e. The molecule has 0 amide bonds. The summed E-state index contributed by atoms with van der Waals surface area (Å²) < 4.78 is 3.24. The highest BCUT2D eigenvalue weighted by Gasteiger charge is 2.10. The normalized spacial score (nSPS) is 11.1. The molecule has 0 radical (unpaired) electrons. The lowest BCUT2D eigenvalue weighted by Gasteiger charge is -2.01. The molecule has 0 bridgehead atoms. The van der Waals surface area contributed by atoms with Crippen LogP contribution in [0.5, 0.6) is 0 Å². The number of aryl methyl sites for hydroxylation is 1. The molecule has 0 N–H and O–H groups in total. The average Bonchev–Trinajstić information content (AvgIpc) is 2.79. The molecule has 0 aliphatic carbocycles. The van der Waals surface area contributed by atoms with Crippen molar-refractivity contribution in [1.29, 1.82) is 0 Å². The summed E-state index contributed by atoms with van der Waals surface area (Å²) in [6.45, 7) is 2.05. The van der Waals surface area contributed by atoms with Crippen molar-refractivity contribution in [3.63, 3.8) is 0 Å². The van der Waals surface area contributed by atoms with Crippen molar-refractivity contribution in [1.82, 2.24) is 9.38 Å². The highest BCUT2D eigenvalue weighted by atomic mass is 79.9. The molecule has 16 heavy (non-hydrogen) atoms. The molecular formula is C12H9BrN2S. The van der Waals surface area contributed by atoms with E-state index in [4.69, 9.17) is 0 Å². The predicted molar refractivity (Wildman–Crippen MR) is 70.9 cm³/mol. The summed E-state index contributed by atoms with van der Waals surface area (Å²) in [5, 5.41) is 2.06. The topological polar surface area (TPSA) is 17.3 Å². The molecular weight excluding hydrogens is 284 g/mol. The maximum Gasteiger partial charge on any atom is 0.194 e. The van der Waals surface area contributed by atoms with Gasteiger partial charge >= 0.3 is 0 Å². The number of hydrogen-bond acceptors (Lipinski definition) is 2. The van der Waals surface area contributed by atoms with Crippen LogP contribution in [0.25, 0.3) is 16.2 Å². The van der Waals surface area contributed by atoms with Gasteiger partial charge in [-0.25, -0.2) is 4.98 Å². The Labute approximate surface area is 106 Å². The number of benzene rings is 1. The Morgan fingerprint density at radius 2 is 2.00 bits per heavy atom. The fourth-order valence-electron chi connectivity index (χ4n) is 1.85. The van der Waals surface area contributed by atoms with Crippen LogP contribution in [0.3, 0.4) is 0 Å². The van der Waals surface area contributed by atoms with Gasteiger partial charge in [-0.05, 0) is 19.1 Å². The van der Waals surface area contributed by atoms with Crippen LogP contribution < -0.4 is 0 Å². The fraction of sp³-hybridized carbons (Fsp3) is 0.0833. The molecule has 0 spiro atoms. The lowest BCUT2D eigenvalue weighted by Crippen LogP contribution is -1.85. The number of nitrogens with zero attached hydrogens (tertiary/aromatic N) is 2. The van der Waals surface area contributed by atoms with Gasteiger partial charge in [-0.1, -0.05) is 28.1 Å². The van der Waals surface area contributed by atoms with E-state index in [1.807, 2.05) is 0 Å². The third-order valence-corrected chi connectivity index (χ3v) is 3.84. The number of hydrogen-bond donors (Lipinski definition) is 0. The minimum atomic E-state index is 1.05. The Morgan fingerprint density at radius 3 is 2.75 bits per heavy atom. The van der Waals surface area contributed by atoms with Gasteiger partial charge in [0.05, 0.1) is 11.4 Å². The molecule has 0 fully saturated rings. The Morgan fingerprint density at radius 1 is 1.25 bits per heavy atom. The molecule has 2 heterocycles. The molecule has 2 aromatic heterocycles. The summed E-state index contributed by atoms with van der Waals surface area (Å²) in [5.41, 5.74) is 3.46. The van der Waals surface area contributed by atoms with Gasteiger partial charge in [-0.15, -0.1) is 11.3 Å². The second-order valence-corrected chi connectivity index (χ2v) is 5.40. The molecule has 0 unspecified atom stereocenters. The first-order valence-corrected chi connectivity index (χ1v) is 6.61. The maximum absolute atomic E-state index is 4.54. The third-order valence-electron chi connectivity index (χ3n) is 2.55. The fourth-order valence-corrected chi connectivity index (χ4v) is 2.87. The summed E-state index contributed by atoms with van der Waals surface area (Å²) in [6, 6.07) is 8.33. The molecule has 3 rings (SSSR count). The van der Waals surface area contributed by atoms with E-state index in [0.29, 0.717) is 0 Å². The third kappa shape index (κ3) is 1.49. The second-order valence-electron chi connectivity index (χ2n) is 3.61. The molecule has 4 heteroatoms. The van der Waals surface area contributed by atoms with Crippen molar-refractivity contribution in [3.8, 4) is 11.3 Å². The van der Waals surface area contributed by atoms with Gasteiger partial charge in [0, 0.05) is 21.6 Å². The number of aromatic nitrogens is 2. The average molecular weight is 293 g/mol. The van der Waals surface area contributed by atoms with E-state index in [1.54, 1.807) is 11.3 Å². The minimum absolute atomic E-state index is 1.05. The predicted octanol–water partition coefficient (Wildman–Crippen LogP) is 4.13. The van der Waals surface area contributed by atoms with Crippen LogP contribution in [0.2, 0.25) is 0 Å². The molecule has 0 aliphatic rings. The Kier molecular flexibility index (Phi) is 2.33. The number of thiazole rings is 1. The molecule has 0 saturated carbocycles. The van der Waals surface area contributed by atoms with Crippen LogP contribution >= 0.6 is 27.3 Å². The van der Waals surface area contributed by atoms with Crippen molar-refractivity contribution in [2.45, 2.75) is 6.92 Å². The van der Waals surface area contributed by atoms with Crippen LogP contribution in [0.15, 0.2) is 40.3 Å². The van der Waals surface area contributed by atoms with Crippen LogP contribution in [-0.2, 0) is 0 Å². The molecule has 0 saturated heterocycles. The van der Waals surface area contributed by atoms with E-state index in [1.165, 1.54) is 11.3 Å². The SMILES string of the molecule is Cc1nc2sccn2c1-c1ccc(Br)cc1. The van der Waals surface area contributed by atoms with Gasteiger partial charge in [-0.2, -0.15) is 0 Å². The van der Waals surface area contributed by atoms with Gasteiger partial charge < -0.3 is 0 Å². The Bertz CT molecular complexity index is 637. The summed E-state index contributed by atoms with van der Waals surface area (Å²) in [7, 11) is 0. The Hall–Kier alpha value is -1.13. The summed E-state index contributed by atoms with van der Waals surface area (Å²) in [5.74, 6) is 0. The van der Waals surface area contributed by atoms with Crippen molar-refractivity contribution < 1.29 is 0 Å². The van der Waals surface area contributed by atoms with E-state index in [0.717, 1.165) is 15.1 Å². The quantitative estimate of drug-likeness (QED) is 0.659. The zero-order chi connectivity index (χ0) is 11.1. The second kappa shape index (κ2) is 3.71. The highest BCUT2D eigenvalue weighted by Crippen LogP contribution is 2.27. The van der Waals surface area contributed by atoms with E-state index >= 15 is 0 Å². The maximum atomic E-state index is 4.54. The monoisotopic (exact) mass is 292 g/mol. The van der Waals surface area contributed by atoms with Gasteiger partial charge in [0.1, 0.15) is 0 Å². The Balaban J connectivity index is 2.28. The highest BCUT2D eigenvalue weighted by molar-refractivity contribution is 9.10. The molecule has 3 aromatic rings. The molecule has 2 nitrogen and oxygen atoms in total. The van der Waals surface area contributed by atoms with E-state index in [-0.39, 0.29) is 0 Å². The summed E-state index contributed by atoms with van der Waals surface area (Å²) >= 11 is 5.11. The van der Waals surface area contributed by atoms with Gasteiger partial charge in [-0.3, -0.25) is 4.40 Å². The van der Waals surface area contributed by atoms with Crippen LogP contribution in [-0.4, -0.2) is 9.38 Å². The number of imidazole rings is 1. The lowest BCUT2D eigenvalue weighted by atomic mass is 10.1. The molecule has 0 atom stereocenters. The number of halogens is 1. The molecule has 0 aliphatic heterocycles. The van der Waals surface area contributed by atoms with E-state index < -0.39 is 0 Å². The summed E-state index contributed by atoms with van der Waals surface area (Å²) in [6.07, 6.45) is 2.07. The first kappa shape index (κ1) is 10.1. The zero-order valence-electron chi connectivity index (χ0n) is 8.64. The van der Waals surface area contributed by atoms with Crippen LogP contribution in [0.1, 0.15) is 5.69 Å². The van der Waals surface area contributed by atoms with Gasteiger partial charge in [0.2, 0.25) is 0 Å². The zero-order valence-corrected chi connectivity index (χ0v) is 11.0. The largest absolute Gasteiger partial charge is 0.290 e. The number of fused-ring (bicyclic) bond motifs is 1. The van der Waals surface area contributed by atoms with Crippen molar-refractivity contribution in [2.24, 2.45) is 0 Å². The molecule has 80 valence electrons. The molecule has 1 aromatic carbocycles. The van der Waals surface area contributed by atoms with Crippen LogP contribution in [0.4, 0.5) is 0 Å².